The number of likely N-dealkylation sites (N-methyl/N-ethyl adjacent to an activating group) is 1. The Kier molecular flexibility index (Phi) is 5.01. The lowest BCUT2D eigenvalue weighted by atomic mass is 10.1. The van der Waals surface area contributed by atoms with Gasteiger partial charge in [-0.3, -0.25) is 19.8 Å². The molecular weight excluding hydrogens is 419 g/mol. The van der Waals surface area contributed by atoms with E-state index in [0.717, 1.165) is 0 Å². The lowest BCUT2D eigenvalue weighted by Gasteiger charge is -2.27. The van der Waals surface area contributed by atoms with Crippen molar-refractivity contribution in [1.82, 2.24) is 10.2 Å². The predicted octanol–water partition coefficient (Wildman–Crippen LogP) is 1.65. The highest BCUT2D eigenvalue weighted by Gasteiger charge is 2.32. The van der Waals surface area contributed by atoms with Gasteiger partial charge in [0.05, 0.1) is 10.7 Å². The first-order valence-electron chi connectivity index (χ1n) is 6.34. The molecule has 2 N–H and O–H groups in total. The van der Waals surface area contributed by atoms with Gasteiger partial charge in [0.1, 0.15) is 5.57 Å². The van der Waals surface area contributed by atoms with Gasteiger partial charge in [-0.05, 0) is 65.5 Å². The Morgan fingerprint density at radius 1 is 1.45 bits per heavy atom. The number of thiocarbonyl (C=S) groups is 1. The largest absolute Gasteiger partial charge is 0.504 e. The molecule has 1 aromatic carbocycles. The Morgan fingerprint density at radius 3 is 2.73 bits per heavy atom. The van der Waals surface area contributed by atoms with Crippen molar-refractivity contribution in [3.63, 3.8) is 0 Å². The van der Waals surface area contributed by atoms with E-state index in [4.69, 9.17) is 17.0 Å². The van der Waals surface area contributed by atoms with Gasteiger partial charge in [0.15, 0.2) is 16.6 Å². The van der Waals surface area contributed by atoms with Gasteiger partial charge >= 0.3 is 0 Å². The van der Waals surface area contributed by atoms with Gasteiger partial charge in [-0.15, -0.1) is 0 Å². The van der Waals surface area contributed by atoms with E-state index in [-0.39, 0.29) is 22.2 Å². The number of phenolic OH excluding ortho intramolecular Hbond substituents is 1. The van der Waals surface area contributed by atoms with Crippen molar-refractivity contribution in [1.29, 1.82) is 0 Å². The number of aromatic hydroxyl groups is 1. The minimum Gasteiger partial charge on any atom is -0.504 e. The van der Waals surface area contributed by atoms with E-state index in [1.165, 1.54) is 18.1 Å². The number of phenols is 1. The van der Waals surface area contributed by atoms with Crippen LogP contribution in [0.3, 0.4) is 0 Å². The first kappa shape index (κ1) is 16.7. The van der Waals surface area contributed by atoms with Crippen LogP contribution in [0.5, 0.6) is 11.5 Å². The van der Waals surface area contributed by atoms with Gasteiger partial charge in [0.2, 0.25) is 0 Å². The summed E-state index contributed by atoms with van der Waals surface area (Å²) in [7, 11) is 1.43. The average molecular weight is 432 g/mol. The Hall–Kier alpha value is -1.68. The van der Waals surface area contributed by atoms with Crippen molar-refractivity contribution in [3.8, 4) is 11.5 Å². The normalized spacial score (nSPS) is 17.0. The molecule has 6 nitrogen and oxygen atoms in total. The molecule has 1 fully saturated rings. The quantitative estimate of drug-likeness (QED) is 0.329. The van der Waals surface area contributed by atoms with E-state index in [1.54, 1.807) is 19.1 Å². The van der Waals surface area contributed by atoms with E-state index in [9.17, 15) is 14.7 Å². The second kappa shape index (κ2) is 6.61. The molecule has 0 radical (unpaired) electrons. The van der Waals surface area contributed by atoms with Gasteiger partial charge in [0.25, 0.3) is 11.8 Å². The number of ether oxygens (including phenoxy) is 1. The fourth-order valence-electron chi connectivity index (χ4n) is 1.98. The van der Waals surface area contributed by atoms with Gasteiger partial charge in [-0.2, -0.15) is 0 Å². The zero-order valence-corrected chi connectivity index (χ0v) is 14.8. The molecular formula is C14H13IN2O4S. The Morgan fingerprint density at radius 2 is 2.14 bits per heavy atom. The molecule has 1 saturated heterocycles. The minimum atomic E-state index is -0.540. The molecule has 2 rings (SSSR count). The molecule has 116 valence electrons. The number of nitrogens with one attached hydrogen (secondary N) is 1. The molecule has 1 heterocycles. The number of carbonyl (C=O) groups is 2. The number of nitrogens with zero attached hydrogens (tertiary/aromatic N) is 1. The maximum absolute atomic E-state index is 12.3. The molecule has 1 aliphatic rings. The van der Waals surface area contributed by atoms with Crippen molar-refractivity contribution < 1.29 is 19.4 Å². The van der Waals surface area contributed by atoms with E-state index in [2.05, 4.69) is 5.32 Å². The molecule has 0 unspecified atom stereocenters. The number of carbonyl (C=O) groups excluding carboxylic acids is 2. The first-order valence-corrected chi connectivity index (χ1v) is 7.83. The van der Waals surface area contributed by atoms with Crippen LogP contribution in [-0.2, 0) is 9.59 Å². The SMILES string of the molecule is CCN1C(=O)/C(=C/c2cc(I)c(O)c(OC)c2)C(=O)NC1=S. The second-order valence-corrected chi connectivity index (χ2v) is 5.97. The smallest absolute Gasteiger partial charge is 0.265 e. The summed E-state index contributed by atoms with van der Waals surface area (Å²) in [4.78, 5) is 25.6. The number of benzene rings is 1. The standard InChI is InChI=1S/C14H13IN2O4S/c1-3-17-13(20)8(12(19)16-14(17)22)4-7-5-9(15)11(18)10(6-7)21-2/h4-6,18H,3H2,1-2H3,(H,16,19,22)/b8-4+. The summed E-state index contributed by atoms with van der Waals surface area (Å²) in [5.41, 5.74) is 0.556. The number of amides is 2. The predicted molar refractivity (Wildman–Crippen MR) is 93.5 cm³/mol. The third-order valence-corrected chi connectivity index (χ3v) is 4.23. The van der Waals surface area contributed by atoms with Gasteiger partial charge in [-0.25, -0.2) is 0 Å². The van der Waals surface area contributed by atoms with Crippen LogP contribution in [0.1, 0.15) is 12.5 Å². The molecule has 0 atom stereocenters. The summed E-state index contributed by atoms with van der Waals surface area (Å²) in [5.74, 6) is -0.702. The fourth-order valence-corrected chi connectivity index (χ4v) is 2.91. The van der Waals surface area contributed by atoms with Crippen molar-refractivity contribution in [2.24, 2.45) is 0 Å². The van der Waals surface area contributed by atoms with E-state index < -0.39 is 11.8 Å². The highest BCUT2D eigenvalue weighted by molar-refractivity contribution is 14.1. The number of halogens is 1. The summed E-state index contributed by atoms with van der Waals surface area (Å²) in [6.45, 7) is 2.14. The molecule has 1 aliphatic heterocycles. The third kappa shape index (κ3) is 3.07. The molecule has 0 aliphatic carbocycles. The average Bonchev–Trinajstić information content (AvgIpc) is 2.47. The number of hydrogen-bond donors (Lipinski definition) is 2. The zero-order chi connectivity index (χ0) is 16.4. The molecule has 2 amide bonds. The lowest BCUT2D eigenvalue weighted by Crippen LogP contribution is -2.53. The van der Waals surface area contributed by atoms with Gasteiger partial charge < -0.3 is 9.84 Å². The summed E-state index contributed by atoms with van der Waals surface area (Å²) < 4.78 is 5.62. The molecule has 1 aromatic rings. The van der Waals surface area contributed by atoms with Gasteiger partial charge in [0, 0.05) is 6.54 Å². The van der Waals surface area contributed by atoms with Crippen LogP contribution in [0.25, 0.3) is 6.08 Å². The van der Waals surface area contributed by atoms with Crippen molar-refractivity contribution in [2.75, 3.05) is 13.7 Å². The minimum absolute atomic E-state index is 0.0148. The van der Waals surface area contributed by atoms with Crippen LogP contribution in [0, 0.1) is 3.57 Å². The summed E-state index contributed by atoms with van der Waals surface area (Å²) in [5, 5.41) is 12.4. The summed E-state index contributed by atoms with van der Waals surface area (Å²) >= 11 is 6.91. The van der Waals surface area contributed by atoms with E-state index in [0.29, 0.717) is 15.7 Å². The molecule has 0 bridgehead atoms. The van der Waals surface area contributed by atoms with E-state index in [1.807, 2.05) is 22.6 Å². The third-order valence-electron chi connectivity index (χ3n) is 3.08. The Labute approximate surface area is 146 Å². The number of hydrogen-bond acceptors (Lipinski definition) is 5. The zero-order valence-electron chi connectivity index (χ0n) is 11.8. The molecule has 22 heavy (non-hydrogen) atoms. The first-order chi connectivity index (χ1) is 10.4. The molecule has 0 saturated carbocycles. The van der Waals surface area contributed by atoms with Crippen LogP contribution < -0.4 is 10.1 Å². The number of rotatable bonds is 3. The lowest BCUT2D eigenvalue weighted by molar-refractivity contribution is -0.128. The maximum Gasteiger partial charge on any atom is 0.265 e. The highest BCUT2D eigenvalue weighted by atomic mass is 127. The van der Waals surface area contributed by atoms with Crippen LogP contribution in [0.15, 0.2) is 17.7 Å². The maximum atomic E-state index is 12.3. The van der Waals surface area contributed by atoms with Crippen molar-refractivity contribution in [3.05, 3.63) is 26.8 Å². The van der Waals surface area contributed by atoms with Crippen molar-refractivity contribution in [2.45, 2.75) is 6.92 Å². The van der Waals surface area contributed by atoms with Crippen LogP contribution in [0.2, 0.25) is 0 Å². The van der Waals surface area contributed by atoms with Gasteiger partial charge in [-0.1, -0.05) is 0 Å². The van der Waals surface area contributed by atoms with E-state index >= 15 is 0 Å². The van der Waals surface area contributed by atoms with Crippen molar-refractivity contribution >= 4 is 57.8 Å². The molecule has 0 spiro atoms. The summed E-state index contributed by atoms with van der Waals surface area (Å²) in [6.07, 6.45) is 1.45. The van der Waals surface area contributed by atoms with Crippen LogP contribution in [0.4, 0.5) is 0 Å². The van der Waals surface area contributed by atoms with Crippen LogP contribution >= 0.6 is 34.8 Å². The second-order valence-electron chi connectivity index (χ2n) is 4.42. The fraction of sp³-hybridized carbons (Fsp3) is 0.214. The Balaban J connectivity index is 2.48. The highest BCUT2D eigenvalue weighted by Crippen LogP contribution is 2.33. The topological polar surface area (TPSA) is 78.9 Å². The number of methoxy groups -OCH3 is 1. The van der Waals surface area contributed by atoms with Crippen LogP contribution in [-0.4, -0.2) is 40.6 Å². The summed E-state index contributed by atoms with van der Waals surface area (Å²) in [6, 6.07) is 3.20. The molecule has 0 aromatic heterocycles. The Bertz CT molecular complexity index is 702. The monoisotopic (exact) mass is 432 g/mol. The molecule has 8 heteroatoms.